The van der Waals surface area contributed by atoms with E-state index in [-0.39, 0.29) is 23.8 Å². The Balaban J connectivity index is 1.67. The van der Waals surface area contributed by atoms with Crippen molar-refractivity contribution in [3.05, 3.63) is 66.4 Å². The molecular weight excluding hydrogens is 402 g/mol. The van der Waals surface area contributed by atoms with Crippen LogP contribution in [0.25, 0.3) is 10.9 Å². The summed E-state index contributed by atoms with van der Waals surface area (Å²) in [5.41, 5.74) is 2.53. The van der Waals surface area contributed by atoms with E-state index in [2.05, 4.69) is 17.2 Å². The molecule has 166 valence electrons. The number of carbonyl (C=O) groups is 2. The third-order valence-corrected chi connectivity index (χ3v) is 6.16. The summed E-state index contributed by atoms with van der Waals surface area (Å²) in [6, 6.07) is 16.9. The highest BCUT2D eigenvalue weighted by Crippen LogP contribution is 2.38. The number of benzene rings is 2. The molecule has 2 amide bonds. The van der Waals surface area contributed by atoms with Crippen molar-refractivity contribution in [1.82, 2.24) is 9.88 Å². The molecule has 1 fully saturated rings. The molecule has 1 aliphatic rings. The van der Waals surface area contributed by atoms with Crippen molar-refractivity contribution in [3.63, 3.8) is 0 Å². The molecule has 1 aliphatic heterocycles. The van der Waals surface area contributed by atoms with E-state index >= 15 is 0 Å². The minimum absolute atomic E-state index is 0.0730. The number of pyridine rings is 1. The molecule has 2 heterocycles. The molecule has 1 aromatic heterocycles. The Labute approximate surface area is 188 Å². The summed E-state index contributed by atoms with van der Waals surface area (Å²) in [5.74, 6) is 0.443. The minimum atomic E-state index is -0.343. The first-order valence-electron chi connectivity index (χ1n) is 11.2. The molecule has 6 heteroatoms. The van der Waals surface area contributed by atoms with E-state index in [1.807, 2.05) is 59.5 Å². The highest BCUT2D eigenvalue weighted by atomic mass is 16.5. The molecule has 6 nitrogen and oxygen atoms in total. The molecule has 3 aromatic rings. The number of fused-ring (bicyclic) bond motifs is 1. The minimum Gasteiger partial charge on any atom is -0.497 e. The van der Waals surface area contributed by atoms with Gasteiger partial charge in [-0.3, -0.25) is 14.6 Å². The van der Waals surface area contributed by atoms with Gasteiger partial charge in [0.1, 0.15) is 5.75 Å². The number of ether oxygens (including phenoxy) is 1. The number of amides is 2. The van der Waals surface area contributed by atoms with Crippen LogP contribution < -0.4 is 10.1 Å². The van der Waals surface area contributed by atoms with Crippen molar-refractivity contribution < 1.29 is 14.3 Å². The van der Waals surface area contributed by atoms with Crippen LogP contribution in [-0.4, -0.2) is 35.4 Å². The van der Waals surface area contributed by atoms with Crippen molar-refractivity contribution in [2.45, 2.75) is 38.6 Å². The molecule has 32 heavy (non-hydrogen) atoms. The van der Waals surface area contributed by atoms with Crippen LogP contribution in [0.3, 0.4) is 0 Å². The number of nitrogens with zero attached hydrogens (tertiary/aromatic N) is 2. The average Bonchev–Trinajstić information content (AvgIpc) is 2.83. The van der Waals surface area contributed by atoms with Crippen LogP contribution in [0.2, 0.25) is 0 Å². The zero-order chi connectivity index (χ0) is 22.5. The van der Waals surface area contributed by atoms with E-state index < -0.39 is 0 Å². The van der Waals surface area contributed by atoms with Gasteiger partial charge in [0.15, 0.2) is 0 Å². The Bertz CT molecular complexity index is 1090. The first kappa shape index (κ1) is 21.8. The lowest BCUT2D eigenvalue weighted by Gasteiger charge is -2.41. The van der Waals surface area contributed by atoms with Crippen molar-refractivity contribution in [2.24, 2.45) is 5.92 Å². The monoisotopic (exact) mass is 431 g/mol. The van der Waals surface area contributed by atoms with Gasteiger partial charge in [-0.2, -0.15) is 0 Å². The first-order valence-corrected chi connectivity index (χ1v) is 11.2. The number of anilines is 1. The van der Waals surface area contributed by atoms with Crippen LogP contribution in [-0.2, 0) is 9.59 Å². The quantitative estimate of drug-likeness (QED) is 0.574. The van der Waals surface area contributed by atoms with Crippen LogP contribution in [0.5, 0.6) is 5.75 Å². The smallest absolute Gasteiger partial charge is 0.229 e. The van der Waals surface area contributed by atoms with Crippen molar-refractivity contribution in [3.8, 4) is 5.75 Å². The number of unbranched alkanes of at least 4 members (excludes halogenated alkanes) is 1. The van der Waals surface area contributed by atoms with Gasteiger partial charge in [-0.25, -0.2) is 0 Å². The zero-order valence-corrected chi connectivity index (χ0v) is 18.6. The topological polar surface area (TPSA) is 71.5 Å². The summed E-state index contributed by atoms with van der Waals surface area (Å²) in [7, 11) is 1.63. The van der Waals surface area contributed by atoms with Gasteiger partial charge in [-0.1, -0.05) is 31.5 Å². The van der Waals surface area contributed by atoms with Crippen LogP contribution in [0.1, 0.15) is 44.2 Å². The number of aromatic nitrogens is 1. The molecule has 0 spiro atoms. The van der Waals surface area contributed by atoms with Gasteiger partial charge >= 0.3 is 0 Å². The summed E-state index contributed by atoms with van der Waals surface area (Å²) in [4.78, 5) is 32.7. The summed E-state index contributed by atoms with van der Waals surface area (Å²) in [6.45, 7) is 2.75. The molecule has 4 rings (SSSR count). The van der Waals surface area contributed by atoms with E-state index in [1.54, 1.807) is 13.3 Å². The molecule has 0 unspecified atom stereocenters. The Morgan fingerprint density at radius 1 is 1.16 bits per heavy atom. The zero-order valence-electron chi connectivity index (χ0n) is 18.6. The van der Waals surface area contributed by atoms with Gasteiger partial charge in [0, 0.05) is 24.5 Å². The van der Waals surface area contributed by atoms with Crippen LogP contribution in [0, 0.1) is 5.92 Å². The van der Waals surface area contributed by atoms with E-state index in [0.717, 1.165) is 40.7 Å². The lowest BCUT2D eigenvalue weighted by molar-refractivity contribution is -0.142. The third kappa shape index (κ3) is 4.44. The number of piperidine rings is 1. The number of hydrogen-bond donors (Lipinski definition) is 1. The number of nitrogens with one attached hydrogen (secondary N) is 1. The molecule has 1 N–H and O–H groups in total. The van der Waals surface area contributed by atoms with E-state index in [9.17, 15) is 9.59 Å². The highest BCUT2D eigenvalue weighted by Gasteiger charge is 2.40. The lowest BCUT2D eigenvalue weighted by Crippen LogP contribution is -2.47. The molecule has 1 saturated heterocycles. The van der Waals surface area contributed by atoms with E-state index in [4.69, 9.17) is 4.74 Å². The Kier molecular flexibility index (Phi) is 6.69. The third-order valence-electron chi connectivity index (χ3n) is 6.16. The second-order valence-electron chi connectivity index (χ2n) is 8.17. The van der Waals surface area contributed by atoms with Crippen molar-refractivity contribution in [1.29, 1.82) is 0 Å². The maximum absolute atomic E-state index is 13.5. The van der Waals surface area contributed by atoms with E-state index in [0.29, 0.717) is 19.4 Å². The van der Waals surface area contributed by atoms with Crippen molar-refractivity contribution in [2.75, 3.05) is 19.0 Å². The number of carbonyl (C=O) groups excluding carboxylic acids is 2. The average molecular weight is 432 g/mol. The number of rotatable bonds is 7. The van der Waals surface area contributed by atoms with Crippen LogP contribution >= 0.6 is 0 Å². The molecule has 0 saturated carbocycles. The predicted octanol–water partition coefficient (Wildman–Crippen LogP) is 4.96. The normalized spacial score (nSPS) is 18.6. The highest BCUT2D eigenvalue weighted by molar-refractivity contribution is 6.02. The summed E-state index contributed by atoms with van der Waals surface area (Å²) < 4.78 is 5.30. The second-order valence-corrected chi connectivity index (χ2v) is 8.17. The Hall–Kier alpha value is -3.41. The van der Waals surface area contributed by atoms with Gasteiger partial charge in [0.25, 0.3) is 0 Å². The Morgan fingerprint density at radius 3 is 2.72 bits per heavy atom. The fourth-order valence-electron chi connectivity index (χ4n) is 4.47. The fraction of sp³-hybridized carbons (Fsp3) is 0.346. The predicted molar refractivity (Wildman–Crippen MR) is 125 cm³/mol. The maximum atomic E-state index is 13.5. The van der Waals surface area contributed by atoms with E-state index in [1.165, 1.54) is 0 Å². The lowest BCUT2D eigenvalue weighted by atomic mass is 9.83. The van der Waals surface area contributed by atoms with Gasteiger partial charge < -0.3 is 15.0 Å². The first-order chi connectivity index (χ1) is 15.6. The molecule has 2 atom stereocenters. The molecule has 2 aromatic carbocycles. The van der Waals surface area contributed by atoms with Gasteiger partial charge in [-0.05, 0) is 54.8 Å². The molecular formula is C26H29N3O3. The molecule has 0 radical (unpaired) electrons. The van der Waals surface area contributed by atoms with Crippen LogP contribution in [0.15, 0.2) is 60.8 Å². The Morgan fingerprint density at radius 2 is 1.97 bits per heavy atom. The number of hydrogen-bond acceptors (Lipinski definition) is 4. The fourth-order valence-corrected chi connectivity index (χ4v) is 4.47. The van der Waals surface area contributed by atoms with Crippen LogP contribution in [0.4, 0.5) is 5.69 Å². The summed E-state index contributed by atoms with van der Waals surface area (Å²) in [6.07, 6.45) is 4.53. The van der Waals surface area contributed by atoms with Crippen molar-refractivity contribution >= 4 is 28.4 Å². The second kappa shape index (κ2) is 9.81. The molecule has 0 aliphatic carbocycles. The maximum Gasteiger partial charge on any atom is 0.229 e. The van der Waals surface area contributed by atoms with Gasteiger partial charge in [0.05, 0.1) is 30.3 Å². The number of likely N-dealkylation sites (tertiary alicyclic amines) is 1. The SMILES string of the molecule is CCCCN1C(=O)CC[C@@H](C(=O)Nc2cccc3ncccc23)[C@@H]1c1ccc(OC)cc1. The van der Waals surface area contributed by atoms with Gasteiger partial charge in [-0.15, -0.1) is 0 Å². The largest absolute Gasteiger partial charge is 0.497 e. The number of methoxy groups -OCH3 is 1. The summed E-state index contributed by atoms with van der Waals surface area (Å²) in [5, 5.41) is 4.03. The summed E-state index contributed by atoms with van der Waals surface area (Å²) >= 11 is 0. The van der Waals surface area contributed by atoms with Gasteiger partial charge in [0.2, 0.25) is 11.8 Å². The molecule has 0 bridgehead atoms. The standard InChI is InChI=1S/C26H29N3O3/c1-3-4-17-29-24(30)15-14-21(25(29)18-10-12-19(32-2)13-11-18)26(31)28-23-9-5-8-22-20(23)7-6-16-27-22/h5-13,16,21,25H,3-4,14-15,17H2,1-2H3,(H,28,31)/t21-,25+/m1/s1.